The van der Waals surface area contributed by atoms with Gasteiger partial charge in [0, 0.05) is 17.1 Å². The number of aromatic amines is 1. The van der Waals surface area contributed by atoms with E-state index in [1.54, 1.807) is 18.3 Å². The van der Waals surface area contributed by atoms with Gasteiger partial charge >= 0.3 is 0 Å². The Morgan fingerprint density at radius 1 is 1.33 bits per heavy atom. The molecule has 3 aromatic heterocycles. The number of anilines is 1. The Balaban J connectivity index is 1.74. The number of carbonyl (C=O) groups excluding carboxylic acids is 1. The highest BCUT2D eigenvalue weighted by Crippen LogP contribution is 2.41. The van der Waals surface area contributed by atoms with Crippen LogP contribution in [0.3, 0.4) is 0 Å². The summed E-state index contributed by atoms with van der Waals surface area (Å²) in [4.78, 5) is 23.1. The van der Waals surface area contributed by atoms with Crippen molar-refractivity contribution in [3.63, 3.8) is 0 Å². The largest absolute Gasteiger partial charge is 0.493 e. The molecule has 3 aromatic rings. The normalized spacial score (nSPS) is 18.4. The summed E-state index contributed by atoms with van der Waals surface area (Å²) in [5.74, 6) is -1.11. The molecule has 1 saturated carbocycles. The standard InChI is InChI=1S/C18H16F2N4O3/c1-26-15-12(20)7-22-18(27-2)14(15)10-6-21-16-8(10)3-4-13(23-16)24-17(25)9-5-11(9)19/h3-4,6-7,9,11H,5H2,1-2H3,(H2,21,23,24,25). The number of aromatic nitrogens is 3. The van der Waals surface area contributed by atoms with Gasteiger partial charge in [-0.2, -0.15) is 0 Å². The van der Waals surface area contributed by atoms with Crippen molar-refractivity contribution in [1.29, 1.82) is 0 Å². The van der Waals surface area contributed by atoms with Gasteiger partial charge in [-0.05, 0) is 18.6 Å². The summed E-state index contributed by atoms with van der Waals surface area (Å²) in [5, 5.41) is 3.26. The minimum atomic E-state index is -1.08. The maximum absolute atomic E-state index is 14.1. The molecule has 140 valence electrons. The van der Waals surface area contributed by atoms with Crippen LogP contribution in [0.1, 0.15) is 6.42 Å². The highest BCUT2D eigenvalue weighted by atomic mass is 19.1. The SMILES string of the molecule is COc1ncc(F)c(OC)c1-c1c[nH]c2nc(NC(=O)C3CC3F)ccc12. The van der Waals surface area contributed by atoms with Crippen molar-refractivity contribution >= 4 is 22.8 Å². The monoisotopic (exact) mass is 374 g/mol. The second-order valence-corrected chi connectivity index (χ2v) is 6.17. The van der Waals surface area contributed by atoms with Gasteiger partial charge in [0.05, 0.1) is 31.9 Å². The van der Waals surface area contributed by atoms with Crippen molar-refractivity contribution < 1.29 is 23.0 Å². The number of alkyl halides is 1. The van der Waals surface area contributed by atoms with Crippen LogP contribution in [0.15, 0.2) is 24.5 Å². The summed E-state index contributed by atoms with van der Waals surface area (Å²) >= 11 is 0. The fourth-order valence-corrected chi connectivity index (χ4v) is 2.98. The van der Waals surface area contributed by atoms with Crippen LogP contribution in [0, 0.1) is 11.7 Å². The molecule has 0 spiro atoms. The quantitative estimate of drug-likeness (QED) is 0.716. The summed E-state index contributed by atoms with van der Waals surface area (Å²) in [6.45, 7) is 0. The molecular weight excluding hydrogens is 358 g/mol. The number of methoxy groups -OCH3 is 2. The number of rotatable bonds is 5. The second-order valence-electron chi connectivity index (χ2n) is 6.17. The summed E-state index contributed by atoms with van der Waals surface area (Å²) < 4.78 is 37.6. The number of H-pyrrole nitrogens is 1. The van der Waals surface area contributed by atoms with Gasteiger partial charge < -0.3 is 19.8 Å². The maximum Gasteiger partial charge on any atom is 0.231 e. The molecule has 9 heteroatoms. The van der Waals surface area contributed by atoms with Crippen LogP contribution in [0.2, 0.25) is 0 Å². The highest BCUT2D eigenvalue weighted by molar-refractivity contribution is 5.99. The second kappa shape index (κ2) is 6.49. The third-order valence-electron chi connectivity index (χ3n) is 4.46. The Morgan fingerprint density at radius 3 is 2.78 bits per heavy atom. The number of hydrogen-bond acceptors (Lipinski definition) is 5. The molecular formula is C18H16F2N4O3. The van der Waals surface area contributed by atoms with Gasteiger partial charge in [-0.1, -0.05) is 0 Å². The Labute approximate surface area is 152 Å². The van der Waals surface area contributed by atoms with E-state index in [0.717, 1.165) is 6.20 Å². The number of hydrogen-bond donors (Lipinski definition) is 2. The van der Waals surface area contributed by atoms with Crippen molar-refractivity contribution in [2.75, 3.05) is 19.5 Å². The number of nitrogens with zero attached hydrogens (tertiary/aromatic N) is 2. The molecule has 0 bridgehead atoms. The Hall–Kier alpha value is -3.23. The van der Waals surface area contributed by atoms with Crippen LogP contribution in [0.4, 0.5) is 14.6 Å². The van der Waals surface area contributed by atoms with Crippen molar-refractivity contribution in [1.82, 2.24) is 15.0 Å². The van der Waals surface area contributed by atoms with Crippen LogP contribution in [0.5, 0.6) is 11.6 Å². The first-order valence-electron chi connectivity index (χ1n) is 8.23. The molecule has 4 rings (SSSR count). The number of pyridine rings is 2. The molecule has 1 aliphatic rings. The smallest absolute Gasteiger partial charge is 0.231 e. The third kappa shape index (κ3) is 2.94. The van der Waals surface area contributed by atoms with Gasteiger partial charge in [-0.3, -0.25) is 4.79 Å². The average molecular weight is 374 g/mol. The summed E-state index contributed by atoms with van der Waals surface area (Å²) in [6, 6.07) is 3.31. The van der Waals surface area contributed by atoms with Gasteiger partial charge in [0.25, 0.3) is 0 Å². The summed E-state index contributed by atoms with van der Waals surface area (Å²) in [7, 11) is 2.79. The first-order chi connectivity index (χ1) is 13.0. The van der Waals surface area contributed by atoms with Gasteiger partial charge in [0.1, 0.15) is 17.6 Å². The zero-order valence-electron chi connectivity index (χ0n) is 14.5. The highest BCUT2D eigenvalue weighted by Gasteiger charge is 2.43. The minimum absolute atomic E-state index is 0.00264. The molecule has 1 fully saturated rings. The lowest BCUT2D eigenvalue weighted by atomic mass is 10.1. The predicted octanol–water partition coefficient (Wildman–Crippen LogP) is 3.08. The van der Waals surface area contributed by atoms with E-state index >= 15 is 0 Å². The predicted molar refractivity (Wildman–Crippen MR) is 94.0 cm³/mol. The van der Waals surface area contributed by atoms with Crippen LogP contribution in [-0.2, 0) is 4.79 Å². The Bertz CT molecular complexity index is 1040. The molecule has 2 N–H and O–H groups in total. The number of carbonyl (C=O) groups is 1. The van der Waals surface area contributed by atoms with E-state index in [-0.39, 0.29) is 18.1 Å². The van der Waals surface area contributed by atoms with Crippen LogP contribution < -0.4 is 14.8 Å². The van der Waals surface area contributed by atoms with Gasteiger partial charge in [0.15, 0.2) is 11.6 Å². The van der Waals surface area contributed by atoms with E-state index < -0.39 is 23.8 Å². The summed E-state index contributed by atoms with van der Waals surface area (Å²) in [5.41, 5.74) is 1.40. The summed E-state index contributed by atoms with van der Waals surface area (Å²) in [6.07, 6.45) is 1.82. The van der Waals surface area contributed by atoms with Crippen molar-refractivity contribution in [2.45, 2.75) is 12.6 Å². The van der Waals surface area contributed by atoms with Gasteiger partial charge in [-0.15, -0.1) is 0 Å². The molecule has 1 amide bonds. The molecule has 1 aliphatic carbocycles. The lowest BCUT2D eigenvalue weighted by molar-refractivity contribution is -0.117. The lowest BCUT2D eigenvalue weighted by Gasteiger charge is -2.12. The molecule has 0 saturated heterocycles. The number of nitrogens with one attached hydrogen (secondary N) is 2. The first kappa shape index (κ1) is 17.2. The van der Waals surface area contributed by atoms with E-state index in [4.69, 9.17) is 9.47 Å². The minimum Gasteiger partial charge on any atom is -0.493 e. The van der Waals surface area contributed by atoms with Gasteiger partial charge in [0.2, 0.25) is 11.8 Å². The maximum atomic E-state index is 14.1. The molecule has 0 aromatic carbocycles. The zero-order chi connectivity index (χ0) is 19.1. The Morgan fingerprint density at radius 2 is 2.11 bits per heavy atom. The molecule has 27 heavy (non-hydrogen) atoms. The fraction of sp³-hybridized carbons (Fsp3) is 0.278. The molecule has 2 unspecified atom stereocenters. The van der Waals surface area contributed by atoms with Crippen LogP contribution >= 0.6 is 0 Å². The number of amides is 1. The van der Waals surface area contributed by atoms with E-state index in [0.29, 0.717) is 28.0 Å². The molecule has 3 heterocycles. The number of ether oxygens (including phenoxy) is 2. The van der Waals surface area contributed by atoms with E-state index in [2.05, 4.69) is 20.3 Å². The number of halogens is 2. The van der Waals surface area contributed by atoms with Crippen LogP contribution in [0.25, 0.3) is 22.2 Å². The van der Waals surface area contributed by atoms with Crippen molar-refractivity contribution in [3.8, 4) is 22.8 Å². The van der Waals surface area contributed by atoms with Crippen molar-refractivity contribution in [3.05, 3.63) is 30.3 Å². The third-order valence-corrected chi connectivity index (χ3v) is 4.46. The van der Waals surface area contributed by atoms with E-state index in [9.17, 15) is 13.6 Å². The Kier molecular flexibility index (Phi) is 4.14. The topological polar surface area (TPSA) is 89.1 Å². The average Bonchev–Trinajstić information content (AvgIpc) is 3.26. The lowest BCUT2D eigenvalue weighted by Crippen LogP contribution is -2.15. The van der Waals surface area contributed by atoms with Crippen molar-refractivity contribution in [2.24, 2.45) is 5.92 Å². The molecule has 0 aliphatic heterocycles. The fourth-order valence-electron chi connectivity index (χ4n) is 2.98. The molecule has 7 nitrogen and oxygen atoms in total. The molecule has 2 atom stereocenters. The van der Waals surface area contributed by atoms with E-state index in [1.807, 2.05) is 0 Å². The van der Waals surface area contributed by atoms with E-state index in [1.165, 1.54) is 14.2 Å². The zero-order valence-corrected chi connectivity index (χ0v) is 14.5. The van der Waals surface area contributed by atoms with Gasteiger partial charge in [-0.25, -0.2) is 18.7 Å². The molecule has 0 radical (unpaired) electrons. The van der Waals surface area contributed by atoms with Crippen LogP contribution in [-0.4, -0.2) is 41.3 Å². The first-order valence-corrected chi connectivity index (χ1v) is 8.23. The number of fused-ring (bicyclic) bond motifs is 1.